The van der Waals surface area contributed by atoms with Gasteiger partial charge in [0.2, 0.25) is 11.0 Å². The molecule has 0 fully saturated rings. The van der Waals surface area contributed by atoms with Crippen LogP contribution in [0.3, 0.4) is 0 Å². The van der Waals surface area contributed by atoms with Crippen molar-refractivity contribution in [3.05, 3.63) is 21.9 Å². The number of guanidine groups is 1. The third kappa shape index (κ3) is 3.55. The number of amides is 1. The fourth-order valence-corrected chi connectivity index (χ4v) is 3.42. The fraction of sp³-hybridized carbons (Fsp3) is 0.250. The zero-order valence-electron chi connectivity index (χ0n) is 11.1. The van der Waals surface area contributed by atoms with Gasteiger partial charge in [0.1, 0.15) is 0 Å². The molecule has 0 saturated carbocycles. The number of aliphatic imine (C=N–C) groups is 1. The molecule has 0 atom stereocenters. The topological polar surface area (TPSA) is 106 Å². The molecule has 0 bridgehead atoms. The van der Waals surface area contributed by atoms with E-state index in [1.807, 2.05) is 12.3 Å². The second-order valence-corrected chi connectivity index (χ2v) is 6.15. The highest BCUT2D eigenvalue weighted by Gasteiger charge is 2.11. The lowest BCUT2D eigenvalue weighted by molar-refractivity contribution is -0.119. The first-order valence-corrected chi connectivity index (χ1v) is 7.54. The van der Waals surface area contributed by atoms with Crippen molar-refractivity contribution in [2.75, 3.05) is 0 Å². The Morgan fingerprint density at radius 1 is 1.50 bits per heavy atom. The molecule has 0 unspecified atom stereocenters. The molecule has 2 aromatic rings. The highest BCUT2D eigenvalue weighted by Crippen LogP contribution is 2.33. The SMILES string of the molecule is CC(=O)NCc1sc(-c2csc(N=C(N)N)n2)cc1C. The lowest BCUT2D eigenvalue weighted by Gasteiger charge is -1.99. The summed E-state index contributed by atoms with van der Waals surface area (Å²) in [6.45, 7) is 4.06. The predicted molar refractivity (Wildman–Crippen MR) is 83.2 cm³/mol. The first-order chi connectivity index (χ1) is 9.45. The van der Waals surface area contributed by atoms with Crippen molar-refractivity contribution in [3.63, 3.8) is 0 Å². The van der Waals surface area contributed by atoms with Gasteiger partial charge < -0.3 is 16.8 Å². The third-order valence-electron chi connectivity index (χ3n) is 2.49. The number of carbonyl (C=O) groups is 1. The first kappa shape index (κ1) is 14.5. The molecule has 0 saturated heterocycles. The quantitative estimate of drug-likeness (QED) is 0.590. The molecule has 20 heavy (non-hydrogen) atoms. The zero-order valence-corrected chi connectivity index (χ0v) is 12.8. The van der Waals surface area contributed by atoms with E-state index in [-0.39, 0.29) is 11.9 Å². The van der Waals surface area contributed by atoms with Gasteiger partial charge in [0.25, 0.3) is 0 Å². The van der Waals surface area contributed by atoms with E-state index in [2.05, 4.69) is 21.4 Å². The van der Waals surface area contributed by atoms with Crippen LogP contribution >= 0.6 is 22.7 Å². The van der Waals surface area contributed by atoms with Crippen LogP contribution < -0.4 is 16.8 Å². The Morgan fingerprint density at radius 3 is 2.90 bits per heavy atom. The van der Waals surface area contributed by atoms with Crippen LogP contribution in [0.5, 0.6) is 0 Å². The predicted octanol–water partition coefficient (Wildman–Crippen LogP) is 1.72. The molecule has 8 heteroatoms. The van der Waals surface area contributed by atoms with Crippen LogP contribution in [-0.2, 0) is 11.3 Å². The summed E-state index contributed by atoms with van der Waals surface area (Å²) in [4.78, 5) is 21.4. The standard InChI is InChI=1S/C12H15N5OS2/c1-6-3-9(20-10(6)4-15-7(2)18)8-5-19-12(16-8)17-11(13)14/h3,5H,4H2,1-2H3,(H,15,18)(H4,13,14,16,17). The van der Waals surface area contributed by atoms with E-state index in [4.69, 9.17) is 11.5 Å². The zero-order chi connectivity index (χ0) is 14.7. The fourth-order valence-electron chi connectivity index (χ4n) is 1.57. The molecule has 6 nitrogen and oxygen atoms in total. The molecular formula is C12H15N5OS2. The summed E-state index contributed by atoms with van der Waals surface area (Å²) in [7, 11) is 0. The minimum absolute atomic E-state index is 0.000364. The number of hydrogen-bond acceptors (Lipinski definition) is 5. The third-order valence-corrected chi connectivity index (χ3v) is 4.48. The van der Waals surface area contributed by atoms with E-state index < -0.39 is 0 Å². The van der Waals surface area contributed by atoms with Gasteiger partial charge in [-0.25, -0.2) is 4.98 Å². The van der Waals surface area contributed by atoms with E-state index in [1.165, 1.54) is 18.3 Å². The molecule has 5 N–H and O–H groups in total. The van der Waals surface area contributed by atoms with Crippen molar-refractivity contribution >= 4 is 39.7 Å². The monoisotopic (exact) mass is 309 g/mol. The maximum absolute atomic E-state index is 11.0. The van der Waals surface area contributed by atoms with E-state index in [9.17, 15) is 4.79 Å². The van der Waals surface area contributed by atoms with Gasteiger partial charge in [-0.05, 0) is 18.6 Å². The van der Waals surface area contributed by atoms with Crippen molar-refractivity contribution in [1.82, 2.24) is 10.3 Å². The highest BCUT2D eigenvalue weighted by molar-refractivity contribution is 7.17. The van der Waals surface area contributed by atoms with E-state index >= 15 is 0 Å². The summed E-state index contributed by atoms with van der Waals surface area (Å²) >= 11 is 2.99. The molecule has 0 aliphatic carbocycles. The number of aryl methyl sites for hydroxylation is 1. The molecule has 0 aliphatic rings. The summed E-state index contributed by atoms with van der Waals surface area (Å²) in [5.74, 6) is -0.0392. The maximum atomic E-state index is 11.0. The smallest absolute Gasteiger partial charge is 0.217 e. The van der Waals surface area contributed by atoms with Crippen LogP contribution in [0, 0.1) is 6.92 Å². The number of nitrogens with zero attached hydrogens (tertiary/aromatic N) is 2. The number of aromatic nitrogens is 1. The van der Waals surface area contributed by atoms with Crippen LogP contribution in [0.15, 0.2) is 16.4 Å². The second kappa shape index (κ2) is 6.02. The second-order valence-electron chi connectivity index (χ2n) is 4.18. The Kier molecular flexibility index (Phi) is 4.35. The van der Waals surface area contributed by atoms with Gasteiger partial charge in [-0.1, -0.05) is 0 Å². The van der Waals surface area contributed by atoms with Crippen LogP contribution in [0.4, 0.5) is 5.13 Å². The lowest BCUT2D eigenvalue weighted by atomic mass is 10.2. The number of nitrogens with one attached hydrogen (secondary N) is 1. The van der Waals surface area contributed by atoms with Crippen LogP contribution in [0.1, 0.15) is 17.4 Å². The van der Waals surface area contributed by atoms with Gasteiger partial charge in [0.05, 0.1) is 17.1 Å². The van der Waals surface area contributed by atoms with Gasteiger partial charge in [0, 0.05) is 17.2 Å². The van der Waals surface area contributed by atoms with Gasteiger partial charge in [-0.15, -0.1) is 22.7 Å². The van der Waals surface area contributed by atoms with E-state index in [0.29, 0.717) is 11.7 Å². The summed E-state index contributed by atoms with van der Waals surface area (Å²) in [5, 5.41) is 5.25. The lowest BCUT2D eigenvalue weighted by Crippen LogP contribution is -2.21. The molecule has 2 rings (SSSR count). The Hall–Kier alpha value is -1.93. The molecule has 0 spiro atoms. The molecule has 106 valence electrons. The summed E-state index contributed by atoms with van der Waals surface area (Å²) in [6.07, 6.45) is 0. The van der Waals surface area contributed by atoms with Crippen LogP contribution in [0.25, 0.3) is 10.6 Å². The molecule has 2 aromatic heterocycles. The van der Waals surface area contributed by atoms with Gasteiger partial charge in [-0.2, -0.15) is 4.99 Å². The average Bonchev–Trinajstić information content (AvgIpc) is 2.93. The van der Waals surface area contributed by atoms with Crippen molar-refractivity contribution < 1.29 is 4.79 Å². The van der Waals surface area contributed by atoms with E-state index in [1.54, 1.807) is 11.3 Å². The van der Waals surface area contributed by atoms with Crippen molar-refractivity contribution in [1.29, 1.82) is 0 Å². The Morgan fingerprint density at radius 2 is 2.25 bits per heavy atom. The average molecular weight is 309 g/mol. The van der Waals surface area contributed by atoms with E-state index in [0.717, 1.165) is 21.0 Å². The first-order valence-electron chi connectivity index (χ1n) is 5.85. The number of nitrogens with two attached hydrogens (primary N) is 2. The largest absolute Gasteiger partial charge is 0.370 e. The van der Waals surface area contributed by atoms with Crippen LogP contribution in [-0.4, -0.2) is 16.9 Å². The molecule has 0 aliphatic heterocycles. The minimum Gasteiger partial charge on any atom is -0.370 e. The number of rotatable bonds is 4. The van der Waals surface area contributed by atoms with Crippen LogP contribution in [0.2, 0.25) is 0 Å². The Labute approximate surface area is 124 Å². The van der Waals surface area contributed by atoms with Gasteiger partial charge in [-0.3, -0.25) is 4.79 Å². The normalized spacial score (nSPS) is 10.3. The van der Waals surface area contributed by atoms with Gasteiger partial charge >= 0.3 is 0 Å². The molecule has 1 amide bonds. The van der Waals surface area contributed by atoms with Crippen molar-refractivity contribution in [2.24, 2.45) is 16.5 Å². The van der Waals surface area contributed by atoms with Crippen molar-refractivity contribution in [3.8, 4) is 10.6 Å². The van der Waals surface area contributed by atoms with Crippen molar-refractivity contribution in [2.45, 2.75) is 20.4 Å². The summed E-state index contributed by atoms with van der Waals surface area (Å²) < 4.78 is 0. The highest BCUT2D eigenvalue weighted by atomic mass is 32.1. The molecule has 0 radical (unpaired) electrons. The summed E-state index contributed by atoms with van der Waals surface area (Å²) in [5.41, 5.74) is 12.6. The minimum atomic E-state index is -0.0388. The van der Waals surface area contributed by atoms with Gasteiger partial charge in [0.15, 0.2) is 5.96 Å². The number of thiazole rings is 1. The molecule has 0 aromatic carbocycles. The number of carbonyl (C=O) groups excluding carboxylic acids is 1. The molecule has 2 heterocycles. The Bertz CT molecular complexity index is 655. The molecular weight excluding hydrogens is 294 g/mol. The summed E-state index contributed by atoms with van der Waals surface area (Å²) in [6, 6.07) is 2.05. The number of hydrogen-bond donors (Lipinski definition) is 3. The Balaban J connectivity index is 2.21. The number of thiophene rings is 1. The maximum Gasteiger partial charge on any atom is 0.217 e.